The molecule has 0 aliphatic carbocycles. The van der Waals surface area contributed by atoms with Gasteiger partial charge in [0.1, 0.15) is 18.8 Å². The monoisotopic (exact) mass is 295 g/mol. The van der Waals surface area contributed by atoms with Crippen LogP contribution in [0.25, 0.3) is 0 Å². The standard InChI is InChI=1S/C9H8F3N3O5/c10-9(11,12)4-13-7(16)3-14-2-5(15(19)20)1-6(14)8(17)18/h1-2H,3-4H2,(H,13,16)(H,17,18). The number of carboxylic acids is 1. The number of alkyl halides is 3. The number of amides is 1. The molecule has 1 heterocycles. The van der Waals surface area contributed by atoms with E-state index in [-0.39, 0.29) is 0 Å². The molecule has 1 aromatic rings. The number of hydrogen-bond donors (Lipinski definition) is 2. The predicted octanol–water partition coefficient (Wildman–Crippen LogP) is 0.773. The van der Waals surface area contributed by atoms with E-state index < -0.39 is 47.4 Å². The lowest BCUT2D eigenvalue weighted by molar-refractivity contribution is -0.384. The van der Waals surface area contributed by atoms with Crippen LogP contribution in [0, 0.1) is 10.1 Å². The molecule has 2 N–H and O–H groups in total. The Labute approximate surface area is 108 Å². The number of nitro groups is 1. The van der Waals surface area contributed by atoms with Gasteiger partial charge in [0.05, 0.1) is 11.1 Å². The lowest BCUT2D eigenvalue weighted by Crippen LogP contribution is -2.36. The summed E-state index contributed by atoms with van der Waals surface area (Å²) in [4.78, 5) is 31.6. The van der Waals surface area contributed by atoms with Crippen molar-refractivity contribution in [3.63, 3.8) is 0 Å². The highest BCUT2D eigenvalue weighted by Gasteiger charge is 2.28. The molecule has 0 fully saturated rings. The summed E-state index contributed by atoms with van der Waals surface area (Å²) in [5.41, 5.74) is -1.15. The summed E-state index contributed by atoms with van der Waals surface area (Å²) < 4.78 is 36.3. The van der Waals surface area contributed by atoms with Crippen molar-refractivity contribution in [2.24, 2.45) is 0 Å². The lowest BCUT2D eigenvalue weighted by Gasteiger charge is -2.09. The highest BCUT2D eigenvalue weighted by molar-refractivity contribution is 5.88. The Bertz CT molecular complexity index is 552. The largest absolute Gasteiger partial charge is 0.477 e. The van der Waals surface area contributed by atoms with Crippen molar-refractivity contribution >= 4 is 17.6 Å². The van der Waals surface area contributed by atoms with E-state index in [2.05, 4.69) is 0 Å². The number of rotatable bonds is 5. The van der Waals surface area contributed by atoms with Crippen LogP contribution in [0.2, 0.25) is 0 Å². The predicted molar refractivity (Wildman–Crippen MR) is 57.1 cm³/mol. The summed E-state index contributed by atoms with van der Waals surface area (Å²) in [5, 5.41) is 20.8. The summed E-state index contributed by atoms with van der Waals surface area (Å²) in [6.07, 6.45) is -3.84. The van der Waals surface area contributed by atoms with E-state index in [0.29, 0.717) is 10.6 Å². The molecule has 0 saturated heterocycles. The van der Waals surface area contributed by atoms with Crippen LogP contribution >= 0.6 is 0 Å². The molecular weight excluding hydrogens is 287 g/mol. The number of nitrogens with one attached hydrogen (secondary N) is 1. The van der Waals surface area contributed by atoms with Gasteiger partial charge in [0.2, 0.25) is 5.91 Å². The third-order valence-electron chi connectivity index (χ3n) is 2.11. The summed E-state index contributed by atoms with van der Waals surface area (Å²) in [7, 11) is 0. The number of carboxylic acid groups (broad SMARTS) is 1. The fraction of sp³-hybridized carbons (Fsp3) is 0.333. The van der Waals surface area contributed by atoms with Gasteiger partial charge in [0.25, 0.3) is 5.69 Å². The highest BCUT2D eigenvalue weighted by Crippen LogP contribution is 2.17. The first-order chi connectivity index (χ1) is 9.10. The van der Waals surface area contributed by atoms with Crippen molar-refractivity contribution < 1.29 is 32.8 Å². The topological polar surface area (TPSA) is 114 Å². The van der Waals surface area contributed by atoms with Crippen molar-refractivity contribution in [2.75, 3.05) is 6.54 Å². The van der Waals surface area contributed by atoms with E-state index in [9.17, 15) is 32.9 Å². The Morgan fingerprint density at radius 3 is 2.50 bits per heavy atom. The Balaban J connectivity index is 2.83. The van der Waals surface area contributed by atoms with Crippen LogP contribution in [-0.2, 0) is 11.3 Å². The van der Waals surface area contributed by atoms with Gasteiger partial charge in [0.15, 0.2) is 0 Å². The van der Waals surface area contributed by atoms with E-state index in [1.165, 1.54) is 5.32 Å². The molecule has 0 saturated carbocycles. The van der Waals surface area contributed by atoms with Crippen LogP contribution in [-0.4, -0.2) is 39.2 Å². The molecule has 0 spiro atoms. The van der Waals surface area contributed by atoms with Gasteiger partial charge in [-0.25, -0.2) is 4.79 Å². The van der Waals surface area contributed by atoms with Crippen molar-refractivity contribution in [3.8, 4) is 0 Å². The van der Waals surface area contributed by atoms with Crippen molar-refractivity contribution in [2.45, 2.75) is 12.7 Å². The molecule has 20 heavy (non-hydrogen) atoms. The van der Waals surface area contributed by atoms with Gasteiger partial charge in [-0.3, -0.25) is 14.9 Å². The molecule has 0 aromatic carbocycles. The number of aromatic carboxylic acids is 1. The molecular formula is C9H8F3N3O5. The van der Waals surface area contributed by atoms with Gasteiger partial charge in [-0.2, -0.15) is 13.2 Å². The molecule has 110 valence electrons. The molecule has 11 heteroatoms. The molecule has 0 atom stereocenters. The zero-order valence-electron chi connectivity index (χ0n) is 9.68. The SMILES string of the molecule is O=C(Cn1cc([N+](=O)[O-])cc1C(=O)O)NCC(F)(F)F. The zero-order valence-corrected chi connectivity index (χ0v) is 9.68. The molecule has 8 nitrogen and oxygen atoms in total. The van der Waals surface area contributed by atoms with Crippen molar-refractivity contribution in [3.05, 3.63) is 28.1 Å². The summed E-state index contributed by atoms with van der Waals surface area (Å²) in [6, 6.07) is 0.708. The normalized spacial score (nSPS) is 11.2. The average molecular weight is 295 g/mol. The first kappa shape index (κ1) is 15.5. The maximum Gasteiger partial charge on any atom is 0.405 e. The van der Waals surface area contributed by atoms with Crippen LogP contribution in [0.5, 0.6) is 0 Å². The van der Waals surface area contributed by atoms with Crippen molar-refractivity contribution in [1.82, 2.24) is 9.88 Å². The van der Waals surface area contributed by atoms with E-state index in [1.807, 2.05) is 0 Å². The maximum atomic E-state index is 11.9. The quantitative estimate of drug-likeness (QED) is 0.615. The maximum absolute atomic E-state index is 11.9. The van der Waals surface area contributed by atoms with Crippen LogP contribution in [0.15, 0.2) is 12.3 Å². The second-order valence-corrected chi connectivity index (χ2v) is 3.67. The van der Waals surface area contributed by atoms with Crippen LogP contribution in [0.1, 0.15) is 10.5 Å². The van der Waals surface area contributed by atoms with E-state index in [1.54, 1.807) is 0 Å². The molecule has 0 aliphatic rings. The highest BCUT2D eigenvalue weighted by atomic mass is 19.4. The number of aromatic nitrogens is 1. The van der Waals surface area contributed by atoms with Gasteiger partial charge in [-0.1, -0.05) is 0 Å². The number of hydrogen-bond acceptors (Lipinski definition) is 4. The molecule has 0 radical (unpaired) electrons. The Kier molecular flexibility index (Phi) is 4.32. The number of halogens is 3. The van der Waals surface area contributed by atoms with Gasteiger partial charge in [-0.15, -0.1) is 0 Å². The van der Waals surface area contributed by atoms with E-state index in [4.69, 9.17) is 5.11 Å². The molecule has 1 rings (SSSR count). The first-order valence-electron chi connectivity index (χ1n) is 5.01. The van der Waals surface area contributed by atoms with Crippen LogP contribution in [0.4, 0.5) is 18.9 Å². The smallest absolute Gasteiger partial charge is 0.405 e. The summed E-state index contributed by atoms with van der Waals surface area (Å²) in [6.45, 7) is -2.34. The fourth-order valence-electron chi connectivity index (χ4n) is 1.31. The van der Waals surface area contributed by atoms with Crippen molar-refractivity contribution in [1.29, 1.82) is 0 Å². The van der Waals surface area contributed by atoms with Crippen LogP contribution in [0.3, 0.4) is 0 Å². The fourth-order valence-corrected chi connectivity index (χ4v) is 1.31. The summed E-state index contributed by atoms with van der Waals surface area (Å²) in [5.74, 6) is -2.66. The number of carbonyl (C=O) groups excluding carboxylic acids is 1. The lowest BCUT2D eigenvalue weighted by atomic mass is 10.4. The minimum atomic E-state index is -4.60. The van der Waals surface area contributed by atoms with Gasteiger partial charge < -0.3 is 15.0 Å². The van der Waals surface area contributed by atoms with E-state index >= 15 is 0 Å². The Morgan fingerprint density at radius 1 is 1.45 bits per heavy atom. The molecule has 0 bridgehead atoms. The minimum Gasteiger partial charge on any atom is -0.477 e. The molecule has 0 aliphatic heterocycles. The second-order valence-electron chi connectivity index (χ2n) is 3.67. The third kappa shape index (κ3) is 4.26. The number of nitrogens with zero attached hydrogens (tertiary/aromatic N) is 2. The second kappa shape index (κ2) is 5.59. The summed E-state index contributed by atoms with van der Waals surface area (Å²) >= 11 is 0. The van der Waals surface area contributed by atoms with Crippen LogP contribution < -0.4 is 5.32 Å². The Hall–Kier alpha value is -2.59. The zero-order chi connectivity index (χ0) is 15.5. The molecule has 0 unspecified atom stereocenters. The average Bonchev–Trinajstić information content (AvgIpc) is 2.69. The number of carbonyl (C=O) groups is 2. The van der Waals surface area contributed by atoms with E-state index in [0.717, 1.165) is 6.20 Å². The minimum absolute atomic E-state index is 0.571. The molecule has 1 aromatic heterocycles. The first-order valence-corrected chi connectivity index (χ1v) is 5.01. The van der Waals surface area contributed by atoms with Gasteiger partial charge in [-0.05, 0) is 0 Å². The third-order valence-corrected chi connectivity index (χ3v) is 2.11. The van der Waals surface area contributed by atoms with Gasteiger partial charge in [0, 0.05) is 6.07 Å². The molecule has 1 amide bonds. The Morgan fingerprint density at radius 2 is 2.05 bits per heavy atom. The van der Waals surface area contributed by atoms with Gasteiger partial charge >= 0.3 is 12.1 Å².